The summed E-state index contributed by atoms with van der Waals surface area (Å²) in [7, 11) is 0. The van der Waals surface area contributed by atoms with Crippen LogP contribution in [0.25, 0.3) is 0 Å². The molecule has 1 fully saturated rings. The molecular formula is C11H17N3O2. The first kappa shape index (κ1) is 11.1. The van der Waals surface area contributed by atoms with E-state index in [0.717, 1.165) is 19.3 Å². The van der Waals surface area contributed by atoms with Gasteiger partial charge in [0, 0.05) is 18.9 Å². The van der Waals surface area contributed by atoms with Gasteiger partial charge >= 0.3 is 0 Å². The minimum Gasteiger partial charge on any atom is -0.388 e. The largest absolute Gasteiger partial charge is 0.388 e. The predicted molar refractivity (Wildman–Crippen MR) is 58.7 cm³/mol. The van der Waals surface area contributed by atoms with Crippen LogP contribution in [0.15, 0.2) is 18.5 Å². The molecule has 0 aromatic carbocycles. The maximum absolute atomic E-state index is 11.7. The molecule has 0 bridgehead atoms. The molecule has 1 unspecified atom stereocenters. The number of hydrogen-bond acceptors (Lipinski definition) is 3. The van der Waals surface area contributed by atoms with Crippen molar-refractivity contribution in [3.05, 3.63) is 18.5 Å². The molecule has 5 heteroatoms. The second-order valence-electron chi connectivity index (χ2n) is 4.46. The number of rotatable bonds is 4. The molecule has 16 heavy (non-hydrogen) atoms. The van der Waals surface area contributed by atoms with E-state index in [-0.39, 0.29) is 11.9 Å². The summed E-state index contributed by atoms with van der Waals surface area (Å²) in [5.41, 5.74) is -0.667. The van der Waals surface area contributed by atoms with E-state index >= 15 is 0 Å². The first-order chi connectivity index (χ1) is 7.61. The molecule has 1 atom stereocenters. The van der Waals surface area contributed by atoms with Gasteiger partial charge in [0.25, 0.3) is 0 Å². The Bertz CT molecular complexity index is 357. The lowest BCUT2D eigenvalue weighted by atomic mass is 9.80. The Morgan fingerprint density at radius 1 is 1.69 bits per heavy atom. The van der Waals surface area contributed by atoms with E-state index < -0.39 is 5.60 Å². The van der Waals surface area contributed by atoms with Crippen LogP contribution in [0.5, 0.6) is 0 Å². The molecular weight excluding hydrogens is 206 g/mol. The van der Waals surface area contributed by atoms with Gasteiger partial charge in [-0.1, -0.05) is 0 Å². The molecule has 2 rings (SSSR count). The number of hydrogen-bond donors (Lipinski definition) is 2. The van der Waals surface area contributed by atoms with Crippen molar-refractivity contribution < 1.29 is 9.90 Å². The quantitative estimate of drug-likeness (QED) is 0.780. The highest BCUT2D eigenvalue weighted by Crippen LogP contribution is 2.30. The summed E-state index contributed by atoms with van der Waals surface area (Å²) in [5.74, 6) is -0.107. The summed E-state index contributed by atoms with van der Waals surface area (Å²) >= 11 is 0. The SMILES string of the molecule is CC(C(=O)NCC1(O)CCC1)n1cccn1. The van der Waals surface area contributed by atoms with E-state index in [1.54, 1.807) is 30.1 Å². The summed E-state index contributed by atoms with van der Waals surface area (Å²) in [6.45, 7) is 2.13. The molecule has 0 spiro atoms. The normalized spacial score (nSPS) is 19.9. The molecule has 1 aromatic rings. The van der Waals surface area contributed by atoms with Crippen molar-refractivity contribution in [1.82, 2.24) is 15.1 Å². The van der Waals surface area contributed by atoms with Crippen molar-refractivity contribution in [3.8, 4) is 0 Å². The Labute approximate surface area is 94.5 Å². The second-order valence-corrected chi connectivity index (χ2v) is 4.46. The summed E-state index contributed by atoms with van der Waals surface area (Å²) in [6, 6.07) is 1.45. The Hall–Kier alpha value is -1.36. The second kappa shape index (κ2) is 4.25. The van der Waals surface area contributed by atoms with Gasteiger partial charge in [-0.05, 0) is 32.3 Å². The van der Waals surface area contributed by atoms with Crippen molar-refractivity contribution >= 4 is 5.91 Å². The van der Waals surface area contributed by atoms with Gasteiger partial charge in [0.1, 0.15) is 6.04 Å². The molecule has 1 saturated carbocycles. The number of amides is 1. The third-order valence-corrected chi connectivity index (χ3v) is 3.18. The maximum atomic E-state index is 11.7. The topological polar surface area (TPSA) is 67.2 Å². The molecule has 2 N–H and O–H groups in total. The summed E-state index contributed by atoms with van der Waals surface area (Å²) in [5, 5.41) is 16.6. The zero-order valence-corrected chi connectivity index (χ0v) is 9.39. The van der Waals surface area contributed by atoms with Crippen molar-refractivity contribution in [1.29, 1.82) is 0 Å². The molecule has 1 amide bonds. The van der Waals surface area contributed by atoms with E-state index in [9.17, 15) is 9.90 Å². The van der Waals surface area contributed by atoms with Crippen LogP contribution >= 0.6 is 0 Å². The van der Waals surface area contributed by atoms with E-state index in [1.165, 1.54) is 0 Å². The minimum absolute atomic E-state index is 0.107. The Balaban J connectivity index is 1.84. The highest BCUT2D eigenvalue weighted by atomic mass is 16.3. The lowest BCUT2D eigenvalue weighted by Crippen LogP contribution is -2.48. The lowest BCUT2D eigenvalue weighted by Gasteiger charge is -2.36. The number of nitrogens with zero attached hydrogens (tertiary/aromatic N) is 2. The Morgan fingerprint density at radius 2 is 2.44 bits per heavy atom. The van der Waals surface area contributed by atoms with E-state index in [2.05, 4.69) is 10.4 Å². The number of nitrogens with one attached hydrogen (secondary N) is 1. The van der Waals surface area contributed by atoms with Gasteiger partial charge in [0.05, 0.1) is 5.60 Å². The smallest absolute Gasteiger partial charge is 0.244 e. The zero-order chi connectivity index (χ0) is 11.6. The van der Waals surface area contributed by atoms with E-state index in [1.807, 2.05) is 0 Å². The molecule has 1 aliphatic rings. The Morgan fingerprint density at radius 3 is 2.94 bits per heavy atom. The van der Waals surface area contributed by atoms with Crippen molar-refractivity contribution in [3.63, 3.8) is 0 Å². The molecule has 0 saturated heterocycles. The first-order valence-electron chi connectivity index (χ1n) is 5.60. The van der Waals surface area contributed by atoms with Gasteiger partial charge in [-0.15, -0.1) is 0 Å². The van der Waals surface area contributed by atoms with Crippen LogP contribution in [-0.2, 0) is 4.79 Å². The fourth-order valence-electron chi connectivity index (χ4n) is 1.79. The first-order valence-corrected chi connectivity index (χ1v) is 5.60. The van der Waals surface area contributed by atoms with Crippen LogP contribution in [-0.4, -0.2) is 32.9 Å². The summed E-state index contributed by atoms with van der Waals surface area (Å²) in [4.78, 5) is 11.7. The maximum Gasteiger partial charge on any atom is 0.244 e. The fraction of sp³-hybridized carbons (Fsp3) is 0.636. The van der Waals surface area contributed by atoms with Crippen LogP contribution in [0.2, 0.25) is 0 Å². The molecule has 1 heterocycles. The third kappa shape index (κ3) is 2.24. The number of aliphatic hydroxyl groups is 1. The molecule has 88 valence electrons. The van der Waals surface area contributed by atoms with Gasteiger partial charge in [0.15, 0.2) is 0 Å². The molecule has 1 aromatic heterocycles. The van der Waals surface area contributed by atoms with Crippen LogP contribution < -0.4 is 5.32 Å². The van der Waals surface area contributed by atoms with E-state index in [4.69, 9.17) is 0 Å². The average molecular weight is 223 g/mol. The highest BCUT2D eigenvalue weighted by Gasteiger charge is 2.34. The Kier molecular flexibility index (Phi) is 2.96. The molecule has 5 nitrogen and oxygen atoms in total. The van der Waals surface area contributed by atoms with Gasteiger partial charge in [-0.3, -0.25) is 9.48 Å². The molecule has 1 aliphatic carbocycles. The summed E-state index contributed by atoms with van der Waals surface area (Å²) in [6.07, 6.45) is 6.00. The zero-order valence-electron chi connectivity index (χ0n) is 9.39. The van der Waals surface area contributed by atoms with Gasteiger partial charge in [-0.25, -0.2) is 0 Å². The van der Waals surface area contributed by atoms with Gasteiger partial charge in [0.2, 0.25) is 5.91 Å². The van der Waals surface area contributed by atoms with Gasteiger partial charge < -0.3 is 10.4 Å². The van der Waals surface area contributed by atoms with Crippen molar-refractivity contribution in [2.75, 3.05) is 6.54 Å². The van der Waals surface area contributed by atoms with Crippen LogP contribution in [0, 0.1) is 0 Å². The number of carbonyl (C=O) groups is 1. The van der Waals surface area contributed by atoms with Gasteiger partial charge in [-0.2, -0.15) is 5.10 Å². The third-order valence-electron chi connectivity index (χ3n) is 3.18. The lowest BCUT2D eigenvalue weighted by molar-refractivity contribution is -0.126. The standard InChI is InChI=1S/C11H17N3O2/c1-9(14-7-3-6-13-14)10(15)12-8-11(16)4-2-5-11/h3,6-7,9,16H,2,4-5,8H2,1H3,(H,12,15). The predicted octanol–water partition coefficient (Wildman–Crippen LogP) is 0.475. The van der Waals surface area contributed by atoms with Crippen LogP contribution in [0.3, 0.4) is 0 Å². The average Bonchev–Trinajstić information content (AvgIpc) is 2.75. The molecule has 0 radical (unpaired) electrons. The number of carbonyl (C=O) groups excluding carboxylic acids is 1. The van der Waals surface area contributed by atoms with Crippen LogP contribution in [0.1, 0.15) is 32.2 Å². The molecule has 0 aliphatic heterocycles. The van der Waals surface area contributed by atoms with Crippen molar-refractivity contribution in [2.45, 2.75) is 37.8 Å². The number of aromatic nitrogens is 2. The summed E-state index contributed by atoms with van der Waals surface area (Å²) < 4.78 is 1.60. The minimum atomic E-state index is -0.667. The highest BCUT2D eigenvalue weighted by molar-refractivity contribution is 5.79. The van der Waals surface area contributed by atoms with E-state index in [0.29, 0.717) is 6.54 Å². The van der Waals surface area contributed by atoms with Crippen LogP contribution in [0.4, 0.5) is 0 Å². The fourth-order valence-corrected chi connectivity index (χ4v) is 1.79. The monoisotopic (exact) mass is 223 g/mol. The van der Waals surface area contributed by atoms with Crippen molar-refractivity contribution in [2.24, 2.45) is 0 Å².